The maximum absolute atomic E-state index is 11.8. The Morgan fingerprint density at radius 3 is 2.00 bits per heavy atom. The minimum absolute atomic E-state index is 0.105. The molecule has 0 bridgehead atoms. The molecule has 0 spiro atoms. The number of carbonyl (C=O) groups excluding carboxylic acids is 1. The van der Waals surface area contributed by atoms with Gasteiger partial charge in [-0.1, -0.05) is 86.0 Å². The fourth-order valence-electron chi connectivity index (χ4n) is 3.54. The van der Waals surface area contributed by atoms with Gasteiger partial charge in [0, 0.05) is 6.42 Å². The van der Waals surface area contributed by atoms with Crippen LogP contribution in [0, 0.1) is 11.3 Å². The van der Waals surface area contributed by atoms with E-state index in [0.717, 1.165) is 43.2 Å². The molecule has 3 heteroatoms. The Labute approximate surface area is 185 Å². The van der Waals surface area contributed by atoms with E-state index in [2.05, 4.69) is 30.3 Å². The third kappa shape index (κ3) is 7.75. The highest BCUT2D eigenvalue weighted by molar-refractivity contribution is 5.69. The van der Waals surface area contributed by atoms with E-state index in [0.29, 0.717) is 18.6 Å². The van der Waals surface area contributed by atoms with Gasteiger partial charge in [-0.05, 0) is 53.6 Å². The fraction of sp³-hybridized carbons (Fsp3) is 0.286. The predicted octanol–water partition coefficient (Wildman–Crippen LogP) is 6.85. The van der Waals surface area contributed by atoms with Crippen LogP contribution in [0.25, 0.3) is 11.1 Å². The van der Waals surface area contributed by atoms with Crippen LogP contribution in [0.2, 0.25) is 0 Å². The number of nitriles is 1. The average molecular weight is 412 g/mol. The minimum Gasteiger partial charge on any atom is -0.461 e. The summed E-state index contributed by atoms with van der Waals surface area (Å²) in [6.45, 7) is 0.365. The smallest absolute Gasteiger partial charge is 0.306 e. The average Bonchev–Trinajstić information content (AvgIpc) is 2.83. The number of hydrogen-bond acceptors (Lipinski definition) is 3. The van der Waals surface area contributed by atoms with E-state index in [9.17, 15) is 4.79 Å². The fourth-order valence-corrected chi connectivity index (χ4v) is 3.54. The molecule has 0 N–H and O–H groups in total. The van der Waals surface area contributed by atoms with Gasteiger partial charge in [0.15, 0.2) is 0 Å². The van der Waals surface area contributed by atoms with E-state index in [1.54, 1.807) is 0 Å². The maximum atomic E-state index is 11.8. The van der Waals surface area contributed by atoms with Gasteiger partial charge < -0.3 is 4.74 Å². The van der Waals surface area contributed by atoms with Crippen molar-refractivity contribution >= 4 is 5.97 Å². The molecule has 3 aromatic rings. The molecule has 0 saturated heterocycles. The quantitative estimate of drug-likeness (QED) is 0.256. The van der Waals surface area contributed by atoms with Crippen LogP contribution in [0.5, 0.6) is 0 Å². The molecule has 0 heterocycles. The van der Waals surface area contributed by atoms with E-state index in [1.165, 1.54) is 17.5 Å². The Hall–Kier alpha value is -3.38. The van der Waals surface area contributed by atoms with Crippen LogP contribution < -0.4 is 0 Å². The SMILES string of the molecule is N#Cc1ccc(-c2ccc(CCCCCCCC(=O)OCc3ccccc3)cc2)cc1. The standard InChI is InChI=1S/C28H29NO2/c29-21-24-15-19-27(20-16-24)26-17-13-23(14-18-26)9-5-2-1-3-8-12-28(30)31-22-25-10-6-4-7-11-25/h4,6-7,10-11,13-20H,1-3,5,8-9,12,22H2. The first-order chi connectivity index (χ1) is 15.2. The van der Waals surface area contributed by atoms with E-state index in [4.69, 9.17) is 10.00 Å². The van der Waals surface area contributed by atoms with Crippen LogP contribution in [0.15, 0.2) is 78.9 Å². The first-order valence-corrected chi connectivity index (χ1v) is 11.0. The number of rotatable bonds is 11. The Morgan fingerprint density at radius 1 is 0.710 bits per heavy atom. The van der Waals surface area contributed by atoms with Crippen molar-refractivity contribution in [2.45, 2.75) is 51.6 Å². The van der Waals surface area contributed by atoms with Gasteiger partial charge in [-0.25, -0.2) is 0 Å². The summed E-state index contributed by atoms with van der Waals surface area (Å²) < 4.78 is 5.31. The summed E-state index contributed by atoms with van der Waals surface area (Å²) in [7, 11) is 0. The third-order valence-corrected chi connectivity index (χ3v) is 5.39. The summed E-state index contributed by atoms with van der Waals surface area (Å²) in [4.78, 5) is 11.8. The van der Waals surface area contributed by atoms with E-state index >= 15 is 0 Å². The molecular formula is C28H29NO2. The van der Waals surface area contributed by atoms with Gasteiger partial charge in [-0.15, -0.1) is 0 Å². The molecule has 0 radical (unpaired) electrons. The number of nitrogens with zero attached hydrogens (tertiary/aromatic N) is 1. The lowest BCUT2D eigenvalue weighted by Gasteiger charge is -2.06. The highest BCUT2D eigenvalue weighted by Gasteiger charge is 2.04. The van der Waals surface area contributed by atoms with Crippen molar-refractivity contribution in [2.75, 3.05) is 0 Å². The molecule has 0 fully saturated rings. The van der Waals surface area contributed by atoms with Gasteiger partial charge in [-0.2, -0.15) is 5.26 Å². The Balaban J connectivity index is 1.26. The van der Waals surface area contributed by atoms with E-state index in [1.807, 2.05) is 54.6 Å². The second-order valence-electron chi connectivity index (χ2n) is 7.80. The summed E-state index contributed by atoms with van der Waals surface area (Å²) in [5.41, 5.74) is 5.37. The number of hydrogen-bond donors (Lipinski definition) is 0. The second kappa shape index (κ2) is 12.3. The van der Waals surface area contributed by atoms with Crippen molar-refractivity contribution in [1.29, 1.82) is 5.26 Å². The van der Waals surface area contributed by atoms with Crippen LogP contribution in [-0.2, 0) is 22.6 Å². The molecule has 0 aromatic heterocycles. The van der Waals surface area contributed by atoms with E-state index in [-0.39, 0.29) is 5.97 Å². The molecule has 0 aliphatic rings. The summed E-state index contributed by atoms with van der Waals surface area (Å²) in [5, 5.41) is 8.90. The van der Waals surface area contributed by atoms with Gasteiger partial charge in [0.05, 0.1) is 11.6 Å². The Bertz CT molecular complexity index is 970. The largest absolute Gasteiger partial charge is 0.461 e. The monoisotopic (exact) mass is 411 g/mol. The molecule has 0 amide bonds. The van der Waals surface area contributed by atoms with Crippen molar-refractivity contribution in [1.82, 2.24) is 0 Å². The number of esters is 1. The molecule has 0 aliphatic carbocycles. The van der Waals surface area contributed by atoms with Gasteiger partial charge in [0.25, 0.3) is 0 Å². The van der Waals surface area contributed by atoms with Crippen LogP contribution in [0.3, 0.4) is 0 Å². The number of benzene rings is 3. The predicted molar refractivity (Wildman–Crippen MR) is 124 cm³/mol. The first kappa shape index (κ1) is 22.3. The summed E-state index contributed by atoms with van der Waals surface area (Å²) in [5.74, 6) is -0.105. The Kier molecular flexibility index (Phi) is 8.88. The molecular weight excluding hydrogens is 382 g/mol. The van der Waals surface area contributed by atoms with Crippen LogP contribution >= 0.6 is 0 Å². The van der Waals surface area contributed by atoms with Crippen molar-refractivity contribution in [2.24, 2.45) is 0 Å². The van der Waals surface area contributed by atoms with Gasteiger partial charge in [0.2, 0.25) is 0 Å². The molecule has 31 heavy (non-hydrogen) atoms. The van der Waals surface area contributed by atoms with Gasteiger partial charge in [-0.3, -0.25) is 4.79 Å². The van der Waals surface area contributed by atoms with Gasteiger partial charge in [0.1, 0.15) is 6.61 Å². The summed E-state index contributed by atoms with van der Waals surface area (Å²) in [6, 6.07) is 28.3. The topological polar surface area (TPSA) is 50.1 Å². The molecule has 3 rings (SSSR count). The molecule has 0 atom stereocenters. The minimum atomic E-state index is -0.105. The zero-order chi connectivity index (χ0) is 21.7. The molecule has 158 valence electrons. The van der Waals surface area contributed by atoms with Crippen molar-refractivity contribution < 1.29 is 9.53 Å². The van der Waals surface area contributed by atoms with E-state index < -0.39 is 0 Å². The second-order valence-corrected chi connectivity index (χ2v) is 7.80. The number of aryl methyl sites for hydroxylation is 1. The highest BCUT2D eigenvalue weighted by atomic mass is 16.5. The molecule has 3 nitrogen and oxygen atoms in total. The summed E-state index contributed by atoms with van der Waals surface area (Å²) in [6.07, 6.45) is 7.03. The van der Waals surface area contributed by atoms with Crippen LogP contribution in [-0.4, -0.2) is 5.97 Å². The van der Waals surface area contributed by atoms with Crippen LogP contribution in [0.1, 0.15) is 55.2 Å². The lowest BCUT2D eigenvalue weighted by atomic mass is 10.00. The summed E-state index contributed by atoms with van der Waals surface area (Å²) >= 11 is 0. The lowest BCUT2D eigenvalue weighted by molar-refractivity contribution is -0.145. The molecule has 3 aromatic carbocycles. The third-order valence-electron chi connectivity index (χ3n) is 5.39. The van der Waals surface area contributed by atoms with Gasteiger partial charge >= 0.3 is 5.97 Å². The van der Waals surface area contributed by atoms with Crippen molar-refractivity contribution in [3.8, 4) is 17.2 Å². The zero-order valence-corrected chi connectivity index (χ0v) is 17.9. The van der Waals surface area contributed by atoms with Crippen molar-refractivity contribution in [3.05, 3.63) is 95.6 Å². The highest BCUT2D eigenvalue weighted by Crippen LogP contribution is 2.21. The van der Waals surface area contributed by atoms with Crippen molar-refractivity contribution in [3.63, 3.8) is 0 Å². The normalized spacial score (nSPS) is 10.4. The maximum Gasteiger partial charge on any atom is 0.306 e. The number of ether oxygens (including phenoxy) is 1. The Morgan fingerprint density at radius 2 is 1.32 bits per heavy atom. The zero-order valence-electron chi connectivity index (χ0n) is 17.9. The molecule has 0 unspecified atom stereocenters. The molecule has 0 aliphatic heterocycles. The number of unbranched alkanes of at least 4 members (excludes halogenated alkanes) is 4. The molecule has 0 saturated carbocycles. The first-order valence-electron chi connectivity index (χ1n) is 11.0. The van der Waals surface area contributed by atoms with Crippen LogP contribution in [0.4, 0.5) is 0 Å². The number of carbonyl (C=O) groups is 1. The lowest BCUT2D eigenvalue weighted by Crippen LogP contribution is -2.04.